The zero-order valence-corrected chi connectivity index (χ0v) is 7.02. The van der Waals surface area contributed by atoms with Gasteiger partial charge in [-0.25, -0.2) is 4.79 Å². The summed E-state index contributed by atoms with van der Waals surface area (Å²) in [4.78, 5) is 28.2. The van der Waals surface area contributed by atoms with Crippen molar-refractivity contribution < 1.29 is 9.90 Å². The lowest BCUT2D eigenvalue weighted by Crippen LogP contribution is -2.07. The topological polar surface area (TPSA) is 83.0 Å². The molecule has 2 N–H and O–H groups in total. The average molecular weight is 190 g/mol. The minimum atomic E-state index is -1.09. The second-order valence-corrected chi connectivity index (χ2v) is 2.77. The van der Waals surface area contributed by atoms with Gasteiger partial charge in [0.2, 0.25) is 0 Å². The van der Waals surface area contributed by atoms with Crippen molar-refractivity contribution in [3.63, 3.8) is 0 Å². The fraction of sp³-hybridized carbons (Fsp3) is 0. The maximum Gasteiger partial charge on any atom is 0.337 e. The number of nitrogens with one attached hydrogen (secondary N) is 1. The fourth-order valence-corrected chi connectivity index (χ4v) is 1.18. The number of nitrogens with zero attached hydrogens (tertiary/aromatic N) is 1. The number of hydrogen-bond acceptors (Lipinski definition) is 3. The molecular formula is C9H6N2O3. The van der Waals surface area contributed by atoms with Crippen molar-refractivity contribution in [3.05, 3.63) is 40.4 Å². The number of pyridine rings is 2. The van der Waals surface area contributed by atoms with Gasteiger partial charge in [0.05, 0.1) is 16.5 Å². The van der Waals surface area contributed by atoms with Gasteiger partial charge in [0.25, 0.3) is 5.56 Å². The molecule has 2 heterocycles. The van der Waals surface area contributed by atoms with Crippen LogP contribution in [0.15, 0.2) is 29.3 Å². The summed E-state index contributed by atoms with van der Waals surface area (Å²) in [5.74, 6) is -1.09. The van der Waals surface area contributed by atoms with E-state index in [4.69, 9.17) is 5.11 Å². The number of aromatic carboxylic acids is 1. The summed E-state index contributed by atoms with van der Waals surface area (Å²) in [7, 11) is 0. The van der Waals surface area contributed by atoms with Crippen molar-refractivity contribution in [2.24, 2.45) is 0 Å². The molecular weight excluding hydrogens is 184 g/mol. The maximum atomic E-state index is 11.3. The highest BCUT2D eigenvalue weighted by molar-refractivity contribution is 5.91. The molecule has 0 fully saturated rings. The molecule has 2 aromatic rings. The average Bonchev–Trinajstić information content (AvgIpc) is 2.18. The third-order valence-electron chi connectivity index (χ3n) is 1.87. The SMILES string of the molecule is O=C(O)c1cnc2cc[nH]c(=O)c2c1. The lowest BCUT2D eigenvalue weighted by Gasteiger charge is -1.96. The molecule has 2 aromatic heterocycles. The summed E-state index contributed by atoms with van der Waals surface area (Å²) in [6.45, 7) is 0. The first-order chi connectivity index (χ1) is 6.68. The summed E-state index contributed by atoms with van der Waals surface area (Å²) in [6.07, 6.45) is 2.70. The van der Waals surface area contributed by atoms with Gasteiger partial charge >= 0.3 is 5.97 Å². The molecule has 0 atom stereocenters. The van der Waals surface area contributed by atoms with Crippen LogP contribution < -0.4 is 5.56 Å². The molecule has 0 saturated heterocycles. The Kier molecular flexibility index (Phi) is 1.78. The monoisotopic (exact) mass is 190 g/mol. The first-order valence-electron chi connectivity index (χ1n) is 3.89. The number of carbonyl (C=O) groups is 1. The van der Waals surface area contributed by atoms with E-state index >= 15 is 0 Å². The van der Waals surface area contributed by atoms with E-state index in [2.05, 4.69) is 9.97 Å². The van der Waals surface area contributed by atoms with Gasteiger partial charge in [0.1, 0.15) is 0 Å². The Bertz CT molecular complexity index is 559. The highest BCUT2D eigenvalue weighted by atomic mass is 16.4. The first-order valence-corrected chi connectivity index (χ1v) is 3.89. The van der Waals surface area contributed by atoms with E-state index in [-0.39, 0.29) is 16.5 Å². The lowest BCUT2D eigenvalue weighted by atomic mass is 10.2. The Hall–Kier alpha value is -2.17. The first kappa shape index (κ1) is 8.43. The van der Waals surface area contributed by atoms with E-state index in [0.717, 1.165) is 0 Å². The van der Waals surface area contributed by atoms with E-state index < -0.39 is 5.97 Å². The van der Waals surface area contributed by atoms with Crippen molar-refractivity contribution in [3.8, 4) is 0 Å². The van der Waals surface area contributed by atoms with Crippen LogP contribution in [0, 0.1) is 0 Å². The number of H-pyrrole nitrogens is 1. The van der Waals surface area contributed by atoms with Crippen LogP contribution in [-0.2, 0) is 0 Å². The molecule has 0 saturated carbocycles. The third kappa shape index (κ3) is 1.24. The van der Waals surface area contributed by atoms with Gasteiger partial charge in [-0.15, -0.1) is 0 Å². The number of fused-ring (bicyclic) bond motifs is 1. The van der Waals surface area contributed by atoms with Crippen molar-refractivity contribution in [2.45, 2.75) is 0 Å². The van der Waals surface area contributed by atoms with Crippen LogP contribution >= 0.6 is 0 Å². The van der Waals surface area contributed by atoms with Crippen molar-refractivity contribution in [1.29, 1.82) is 0 Å². The molecule has 5 heteroatoms. The van der Waals surface area contributed by atoms with Crippen LogP contribution in [0.1, 0.15) is 10.4 Å². The molecule has 0 radical (unpaired) electrons. The number of rotatable bonds is 1. The summed E-state index contributed by atoms with van der Waals surface area (Å²) in [5.41, 5.74) is 0.158. The predicted octanol–water partition coefficient (Wildman–Crippen LogP) is 0.621. The van der Waals surface area contributed by atoms with Crippen molar-refractivity contribution in [2.75, 3.05) is 0 Å². The Labute approximate surface area is 78.0 Å². The summed E-state index contributed by atoms with van der Waals surface area (Å²) >= 11 is 0. The maximum absolute atomic E-state index is 11.3. The van der Waals surface area contributed by atoms with Crippen molar-refractivity contribution >= 4 is 16.9 Å². The Morgan fingerprint density at radius 3 is 3.00 bits per heavy atom. The Morgan fingerprint density at radius 2 is 2.29 bits per heavy atom. The normalized spacial score (nSPS) is 10.3. The second kappa shape index (κ2) is 2.95. The third-order valence-corrected chi connectivity index (χ3v) is 1.87. The molecule has 0 aliphatic rings. The van der Waals surface area contributed by atoms with E-state index in [1.807, 2.05) is 0 Å². The van der Waals surface area contributed by atoms with Gasteiger partial charge in [-0.1, -0.05) is 0 Å². The molecule has 14 heavy (non-hydrogen) atoms. The van der Waals surface area contributed by atoms with Crippen LogP contribution in [0.3, 0.4) is 0 Å². The zero-order chi connectivity index (χ0) is 10.1. The quantitative estimate of drug-likeness (QED) is 0.690. The van der Waals surface area contributed by atoms with Crippen LogP contribution in [0.5, 0.6) is 0 Å². The zero-order valence-electron chi connectivity index (χ0n) is 7.02. The molecule has 0 aliphatic heterocycles. The van der Waals surface area contributed by atoms with Crippen LogP contribution in [-0.4, -0.2) is 21.0 Å². The number of aromatic nitrogens is 2. The van der Waals surface area contributed by atoms with Crippen LogP contribution in [0.2, 0.25) is 0 Å². The molecule has 0 amide bonds. The standard InChI is InChI=1S/C9H6N2O3/c12-8-6-3-5(9(13)14)4-11-7(6)1-2-10-8/h1-4H,(H,10,12)(H,13,14). The second-order valence-electron chi connectivity index (χ2n) is 2.77. The molecule has 0 aromatic carbocycles. The van der Waals surface area contributed by atoms with Gasteiger partial charge in [-0.05, 0) is 12.1 Å². The molecule has 0 spiro atoms. The van der Waals surface area contributed by atoms with Crippen molar-refractivity contribution in [1.82, 2.24) is 9.97 Å². The number of hydrogen-bond donors (Lipinski definition) is 2. The van der Waals surface area contributed by atoms with E-state index in [1.165, 1.54) is 18.5 Å². The van der Waals surface area contributed by atoms with Crippen LogP contribution in [0.4, 0.5) is 0 Å². The molecule has 5 nitrogen and oxygen atoms in total. The minimum absolute atomic E-state index is 0.00852. The van der Waals surface area contributed by atoms with E-state index in [9.17, 15) is 9.59 Å². The number of carboxylic acid groups (broad SMARTS) is 1. The van der Waals surface area contributed by atoms with Gasteiger partial charge in [0, 0.05) is 12.4 Å². The van der Waals surface area contributed by atoms with Gasteiger partial charge in [-0.3, -0.25) is 9.78 Å². The smallest absolute Gasteiger partial charge is 0.337 e. The minimum Gasteiger partial charge on any atom is -0.478 e. The van der Waals surface area contributed by atoms with E-state index in [1.54, 1.807) is 6.07 Å². The van der Waals surface area contributed by atoms with Gasteiger partial charge < -0.3 is 10.1 Å². The largest absolute Gasteiger partial charge is 0.478 e. The molecule has 70 valence electrons. The Balaban J connectivity index is 2.83. The highest BCUT2D eigenvalue weighted by Crippen LogP contribution is 2.07. The van der Waals surface area contributed by atoms with Gasteiger partial charge in [-0.2, -0.15) is 0 Å². The highest BCUT2D eigenvalue weighted by Gasteiger charge is 2.06. The number of carboxylic acids is 1. The van der Waals surface area contributed by atoms with Crippen LogP contribution in [0.25, 0.3) is 10.9 Å². The summed E-state index contributed by atoms with van der Waals surface area (Å²) in [6, 6.07) is 2.92. The summed E-state index contributed by atoms with van der Waals surface area (Å²) < 4.78 is 0. The molecule has 0 aliphatic carbocycles. The molecule has 2 rings (SSSR count). The lowest BCUT2D eigenvalue weighted by molar-refractivity contribution is 0.0696. The predicted molar refractivity (Wildman–Crippen MR) is 49.3 cm³/mol. The number of aromatic amines is 1. The Morgan fingerprint density at radius 1 is 1.50 bits per heavy atom. The van der Waals surface area contributed by atoms with Gasteiger partial charge in [0.15, 0.2) is 0 Å². The van der Waals surface area contributed by atoms with E-state index in [0.29, 0.717) is 5.52 Å². The molecule has 0 unspecified atom stereocenters. The summed E-state index contributed by atoms with van der Waals surface area (Å²) in [5, 5.41) is 8.97. The fourth-order valence-electron chi connectivity index (χ4n) is 1.18. The molecule has 0 bridgehead atoms.